The summed E-state index contributed by atoms with van der Waals surface area (Å²) in [6, 6.07) is 14.2. The van der Waals surface area contributed by atoms with E-state index in [-0.39, 0.29) is 0 Å². The third-order valence-electron chi connectivity index (χ3n) is 3.93. The number of para-hydroxylation sites is 1. The quantitative estimate of drug-likeness (QED) is 0.781. The van der Waals surface area contributed by atoms with E-state index in [1.807, 2.05) is 36.5 Å². The molecule has 116 valence electrons. The Morgan fingerprint density at radius 2 is 2.04 bits per heavy atom. The van der Waals surface area contributed by atoms with Crippen LogP contribution in [0.4, 0.5) is 0 Å². The van der Waals surface area contributed by atoms with Crippen LogP contribution in [-0.4, -0.2) is 23.1 Å². The third kappa shape index (κ3) is 3.11. The molecule has 1 aliphatic heterocycles. The van der Waals surface area contributed by atoms with Crippen molar-refractivity contribution in [3.63, 3.8) is 0 Å². The van der Waals surface area contributed by atoms with Crippen molar-refractivity contribution in [3.8, 4) is 16.5 Å². The number of fused-ring (bicyclic) bond motifs is 1. The van der Waals surface area contributed by atoms with E-state index in [9.17, 15) is 0 Å². The fraction of sp³-hybridized carbons (Fsp3) is 0.222. The lowest BCUT2D eigenvalue weighted by atomic mass is 10.0. The Morgan fingerprint density at radius 3 is 2.96 bits per heavy atom. The third-order valence-corrected chi connectivity index (χ3v) is 4.95. The van der Waals surface area contributed by atoms with Gasteiger partial charge in [0.25, 0.3) is 0 Å². The SMILES string of the molecule is c1ccc(-c2ncc(CNCC3COc4ccccc43)s2)nc1. The highest BCUT2D eigenvalue weighted by Gasteiger charge is 2.22. The van der Waals surface area contributed by atoms with Gasteiger partial charge in [-0.05, 0) is 18.2 Å². The van der Waals surface area contributed by atoms with Crippen molar-refractivity contribution in [2.45, 2.75) is 12.5 Å². The zero-order valence-corrected chi connectivity index (χ0v) is 13.4. The van der Waals surface area contributed by atoms with E-state index >= 15 is 0 Å². The molecule has 0 radical (unpaired) electrons. The van der Waals surface area contributed by atoms with Crippen molar-refractivity contribution < 1.29 is 4.74 Å². The standard InChI is InChI=1S/C18H17N3OS/c1-2-7-17-15(5-1)13(12-22-17)9-19-10-14-11-21-18(23-14)16-6-3-4-8-20-16/h1-8,11,13,19H,9-10,12H2. The summed E-state index contributed by atoms with van der Waals surface area (Å²) in [6.07, 6.45) is 3.73. The van der Waals surface area contributed by atoms with Gasteiger partial charge in [-0.3, -0.25) is 4.98 Å². The van der Waals surface area contributed by atoms with Crippen LogP contribution in [0.3, 0.4) is 0 Å². The molecule has 0 saturated heterocycles. The van der Waals surface area contributed by atoms with Crippen molar-refractivity contribution in [1.29, 1.82) is 0 Å². The number of rotatable bonds is 5. The maximum absolute atomic E-state index is 5.72. The van der Waals surface area contributed by atoms with Gasteiger partial charge in [0.15, 0.2) is 0 Å². The van der Waals surface area contributed by atoms with Gasteiger partial charge in [-0.15, -0.1) is 11.3 Å². The predicted octanol–water partition coefficient (Wildman–Crippen LogP) is 3.47. The van der Waals surface area contributed by atoms with Gasteiger partial charge in [0, 0.05) is 41.8 Å². The first-order valence-corrected chi connectivity index (χ1v) is 8.50. The summed E-state index contributed by atoms with van der Waals surface area (Å²) in [7, 11) is 0. The predicted molar refractivity (Wildman–Crippen MR) is 91.7 cm³/mol. The van der Waals surface area contributed by atoms with Crippen LogP contribution in [0.2, 0.25) is 0 Å². The lowest BCUT2D eigenvalue weighted by Crippen LogP contribution is -2.21. The van der Waals surface area contributed by atoms with Crippen molar-refractivity contribution in [3.05, 3.63) is 65.3 Å². The number of hydrogen-bond acceptors (Lipinski definition) is 5. The first-order chi connectivity index (χ1) is 11.4. The number of pyridine rings is 1. The van der Waals surface area contributed by atoms with Crippen molar-refractivity contribution >= 4 is 11.3 Å². The van der Waals surface area contributed by atoms with Gasteiger partial charge in [0.05, 0.1) is 12.3 Å². The Hall–Kier alpha value is -2.24. The summed E-state index contributed by atoms with van der Waals surface area (Å²) < 4.78 is 5.72. The molecule has 0 amide bonds. The lowest BCUT2D eigenvalue weighted by Gasteiger charge is -2.09. The Labute approximate surface area is 139 Å². The minimum Gasteiger partial charge on any atom is -0.493 e. The second kappa shape index (κ2) is 6.48. The van der Waals surface area contributed by atoms with Crippen LogP contribution in [0, 0.1) is 0 Å². The molecule has 2 aromatic heterocycles. The largest absolute Gasteiger partial charge is 0.493 e. The summed E-state index contributed by atoms with van der Waals surface area (Å²) in [5, 5.41) is 4.49. The maximum Gasteiger partial charge on any atom is 0.142 e. The highest BCUT2D eigenvalue weighted by atomic mass is 32.1. The second-order valence-electron chi connectivity index (χ2n) is 5.52. The summed E-state index contributed by atoms with van der Waals surface area (Å²) in [5.74, 6) is 1.45. The molecule has 1 aromatic carbocycles. The average Bonchev–Trinajstić information content (AvgIpc) is 3.23. The van der Waals surface area contributed by atoms with Gasteiger partial charge >= 0.3 is 0 Å². The topological polar surface area (TPSA) is 47.0 Å². The first-order valence-electron chi connectivity index (χ1n) is 7.69. The number of nitrogens with one attached hydrogen (secondary N) is 1. The van der Waals surface area contributed by atoms with Gasteiger partial charge < -0.3 is 10.1 Å². The van der Waals surface area contributed by atoms with Crippen LogP contribution in [0.25, 0.3) is 10.7 Å². The van der Waals surface area contributed by atoms with Crippen LogP contribution < -0.4 is 10.1 Å². The Balaban J connectivity index is 1.35. The number of benzene rings is 1. The van der Waals surface area contributed by atoms with E-state index in [4.69, 9.17) is 4.74 Å². The van der Waals surface area contributed by atoms with Crippen LogP contribution in [0.1, 0.15) is 16.4 Å². The van der Waals surface area contributed by atoms with Crippen molar-refractivity contribution in [2.24, 2.45) is 0 Å². The number of thiazole rings is 1. The summed E-state index contributed by atoms with van der Waals surface area (Å²) in [5.41, 5.74) is 2.24. The van der Waals surface area contributed by atoms with Gasteiger partial charge in [-0.1, -0.05) is 24.3 Å². The van der Waals surface area contributed by atoms with Crippen LogP contribution in [0.15, 0.2) is 54.9 Å². The smallest absolute Gasteiger partial charge is 0.142 e. The molecule has 3 heterocycles. The Morgan fingerprint density at radius 1 is 1.13 bits per heavy atom. The molecule has 0 saturated carbocycles. The fourth-order valence-corrected chi connectivity index (χ4v) is 3.62. The van der Waals surface area contributed by atoms with Crippen LogP contribution >= 0.6 is 11.3 Å². The molecule has 4 rings (SSSR count). The van der Waals surface area contributed by atoms with Gasteiger partial charge in [0.1, 0.15) is 10.8 Å². The molecule has 0 fully saturated rings. The highest BCUT2D eigenvalue weighted by molar-refractivity contribution is 7.14. The molecule has 23 heavy (non-hydrogen) atoms. The molecular weight excluding hydrogens is 306 g/mol. The van der Waals surface area contributed by atoms with Crippen LogP contribution in [0.5, 0.6) is 5.75 Å². The van der Waals surface area contributed by atoms with E-state index < -0.39 is 0 Å². The van der Waals surface area contributed by atoms with Gasteiger partial charge in [0.2, 0.25) is 0 Å². The number of aromatic nitrogens is 2. The monoisotopic (exact) mass is 323 g/mol. The zero-order chi connectivity index (χ0) is 15.5. The summed E-state index contributed by atoms with van der Waals surface area (Å²) >= 11 is 1.69. The molecule has 0 bridgehead atoms. The molecule has 1 N–H and O–H groups in total. The maximum atomic E-state index is 5.72. The molecule has 1 unspecified atom stereocenters. The zero-order valence-electron chi connectivity index (χ0n) is 12.6. The van der Waals surface area contributed by atoms with Gasteiger partial charge in [-0.2, -0.15) is 0 Å². The molecule has 1 aliphatic rings. The summed E-state index contributed by atoms with van der Waals surface area (Å²) in [6.45, 7) is 2.49. The Bertz CT molecular complexity index is 788. The van der Waals surface area contributed by atoms with E-state index in [0.29, 0.717) is 5.92 Å². The molecule has 4 nitrogen and oxygen atoms in total. The first kappa shape index (κ1) is 14.4. The van der Waals surface area contributed by atoms with Crippen molar-refractivity contribution in [1.82, 2.24) is 15.3 Å². The molecule has 0 spiro atoms. The van der Waals surface area contributed by atoms with E-state index in [1.54, 1.807) is 17.5 Å². The molecule has 5 heteroatoms. The fourth-order valence-electron chi connectivity index (χ4n) is 2.76. The number of ether oxygens (including phenoxy) is 1. The minimum atomic E-state index is 0.425. The van der Waals surface area contributed by atoms with E-state index in [1.165, 1.54) is 10.4 Å². The Kier molecular flexibility index (Phi) is 4.05. The second-order valence-corrected chi connectivity index (χ2v) is 6.64. The van der Waals surface area contributed by atoms with Crippen molar-refractivity contribution in [2.75, 3.05) is 13.2 Å². The minimum absolute atomic E-state index is 0.425. The molecule has 0 aliphatic carbocycles. The molecular formula is C18H17N3OS. The average molecular weight is 323 g/mol. The van der Waals surface area contributed by atoms with E-state index in [0.717, 1.165) is 36.1 Å². The molecule has 3 aromatic rings. The van der Waals surface area contributed by atoms with Crippen LogP contribution in [-0.2, 0) is 6.54 Å². The summed E-state index contributed by atoms with van der Waals surface area (Å²) in [4.78, 5) is 10.0. The number of nitrogens with zero attached hydrogens (tertiary/aromatic N) is 2. The highest BCUT2D eigenvalue weighted by Crippen LogP contribution is 2.33. The number of hydrogen-bond donors (Lipinski definition) is 1. The van der Waals surface area contributed by atoms with Gasteiger partial charge in [-0.25, -0.2) is 4.98 Å². The van der Waals surface area contributed by atoms with E-state index in [2.05, 4.69) is 27.4 Å². The normalized spacial score (nSPS) is 16.1. The molecule has 1 atom stereocenters. The lowest BCUT2D eigenvalue weighted by molar-refractivity contribution is 0.326.